The second-order valence-corrected chi connectivity index (χ2v) is 5.76. The van der Waals surface area contributed by atoms with Crippen LogP contribution < -0.4 is 10.1 Å². The lowest BCUT2D eigenvalue weighted by Crippen LogP contribution is -2.18. The van der Waals surface area contributed by atoms with Gasteiger partial charge in [-0.15, -0.1) is 0 Å². The lowest BCUT2D eigenvalue weighted by Gasteiger charge is -2.16. The van der Waals surface area contributed by atoms with E-state index < -0.39 is 0 Å². The number of aromatic nitrogens is 1. The van der Waals surface area contributed by atoms with Gasteiger partial charge in [0.1, 0.15) is 11.6 Å². The Morgan fingerprint density at radius 3 is 2.72 bits per heavy atom. The summed E-state index contributed by atoms with van der Waals surface area (Å²) in [7, 11) is 1.62. The van der Waals surface area contributed by atoms with Gasteiger partial charge >= 0.3 is 0 Å². The van der Waals surface area contributed by atoms with E-state index in [0.717, 1.165) is 29.9 Å². The highest BCUT2D eigenvalue weighted by atomic mass is 19.1. The Morgan fingerprint density at radius 1 is 1.16 bits per heavy atom. The van der Waals surface area contributed by atoms with Crippen LogP contribution in [0.4, 0.5) is 4.39 Å². The molecule has 25 heavy (non-hydrogen) atoms. The number of benzene rings is 1. The lowest BCUT2D eigenvalue weighted by atomic mass is 9.93. The number of halogens is 1. The van der Waals surface area contributed by atoms with Crippen molar-refractivity contribution in [2.75, 3.05) is 13.7 Å². The zero-order valence-corrected chi connectivity index (χ0v) is 14.1. The zero-order valence-electron chi connectivity index (χ0n) is 14.1. The van der Waals surface area contributed by atoms with Crippen LogP contribution in [0.15, 0.2) is 65.4 Å². The number of pyridine rings is 1. The molecule has 0 aliphatic carbocycles. The topological polar surface area (TPSA) is 47.3 Å². The van der Waals surface area contributed by atoms with Crippen molar-refractivity contribution in [3.63, 3.8) is 0 Å². The van der Waals surface area contributed by atoms with Gasteiger partial charge in [0.05, 0.1) is 13.4 Å². The number of hydrogen-bond donors (Lipinski definition) is 1. The maximum absolute atomic E-state index is 13.2. The average molecular weight is 340 g/mol. The molecule has 0 spiro atoms. The van der Waals surface area contributed by atoms with E-state index in [0.29, 0.717) is 12.4 Å². The van der Waals surface area contributed by atoms with E-state index in [1.54, 1.807) is 19.6 Å². The summed E-state index contributed by atoms with van der Waals surface area (Å²) in [5.74, 6) is 1.37. The van der Waals surface area contributed by atoms with Gasteiger partial charge in [-0.3, -0.25) is 0 Å². The molecule has 3 rings (SSSR count). The fourth-order valence-corrected chi connectivity index (χ4v) is 2.87. The minimum atomic E-state index is -0.233. The van der Waals surface area contributed by atoms with Crippen molar-refractivity contribution in [1.29, 1.82) is 0 Å². The Bertz CT molecular complexity index is 773. The number of ether oxygens (including phenoxy) is 1. The molecule has 2 aromatic heterocycles. The van der Waals surface area contributed by atoms with Crippen molar-refractivity contribution in [3.8, 4) is 5.88 Å². The molecule has 130 valence electrons. The predicted molar refractivity (Wildman–Crippen MR) is 94.1 cm³/mol. The van der Waals surface area contributed by atoms with Gasteiger partial charge < -0.3 is 14.5 Å². The Morgan fingerprint density at radius 2 is 2.00 bits per heavy atom. The molecule has 0 aliphatic heterocycles. The molecule has 1 aromatic carbocycles. The van der Waals surface area contributed by atoms with Crippen LogP contribution in [0, 0.1) is 5.82 Å². The van der Waals surface area contributed by atoms with Crippen molar-refractivity contribution in [2.24, 2.45) is 0 Å². The zero-order chi connectivity index (χ0) is 17.5. The SMILES string of the molecule is COc1ncccc1CNCCC(c1ccc(F)cc1)c1ccco1. The standard InChI is InChI=1S/C20H21FN2O2/c1-24-20-16(4-2-11-23-20)14-22-12-10-18(19-5-3-13-25-19)15-6-8-17(21)9-7-15/h2-9,11,13,18,22H,10,12,14H2,1H3. The van der Waals surface area contributed by atoms with Crippen molar-refractivity contribution in [1.82, 2.24) is 10.3 Å². The van der Waals surface area contributed by atoms with Crippen LogP contribution in [0.1, 0.15) is 29.2 Å². The number of methoxy groups -OCH3 is 1. The second-order valence-electron chi connectivity index (χ2n) is 5.76. The summed E-state index contributed by atoms with van der Waals surface area (Å²) < 4.78 is 24.0. The van der Waals surface area contributed by atoms with Crippen LogP contribution in [0.5, 0.6) is 5.88 Å². The quantitative estimate of drug-likeness (QED) is 0.626. The van der Waals surface area contributed by atoms with E-state index in [-0.39, 0.29) is 11.7 Å². The Labute approximate surface area is 146 Å². The summed E-state index contributed by atoms with van der Waals surface area (Å²) in [6.07, 6.45) is 4.21. The van der Waals surface area contributed by atoms with Crippen LogP contribution in [0.25, 0.3) is 0 Å². The van der Waals surface area contributed by atoms with Gasteiger partial charge in [-0.1, -0.05) is 18.2 Å². The number of nitrogens with zero attached hydrogens (tertiary/aromatic N) is 1. The molecule has 0 fully saturated rings. The van der Waals surface area contributed by atoms with E-state index >= 15 is 0 Å². The summed E-state index contributed by atoms with van der Waals surface area (Å²) in [6.45, 7) is 1.45. The second kappa shape index (κ2) is 8.44. The van der Waals surface area contributed by atoms with Crippen LogP contribution in [-0.2, 0) is 6.54 Å². The maximum atomic E-state index is 13.2. The normalized spacial score (nSPS) is 12.1. The van der Waals surface area contributed by atoms with Gasteiger partial charge in [0.25, 0.3) is 0 Å². The molecule has 0 bridgehead atoms. The lowest BCUT2D eigenvalue weighted by molar-refractivity contribution is 0.390. The first-order chi connectivity index (χ1) is 12.3. The Kier molecular flexibility index (Phi) is 5.80. The van der Waals surface area contributed by atoms with Crippen molar-refractivity contribution in [2.45, 2.75) is 18.9 Å². The molecular weight excluding hydrogens is 319 g/mol. The molecule has 5 heteroatoms. The highest BCUT2D eigenvalue weighted by molar-refractivity contribution is 5.28. The monoisotopic (exact) mass is 340 g/mol. The number of furan rings is 1. The smallest absolute Gasteiger partial charge is 0.217 e. The molecule has 1 N–H and O–H groups in total. The molecule has 0 amide bonds. The van der Waals surface area contributed by atoms with Gasteiger partial charge in [0.15, 0.2) is 0 Å². The van der Waals surface area contributed by atoms with Gasteiger partial charge in [-0.25, -0.2) is 9.37 Å². The Balaban J connectivity index is 1.62. The van der Waals surface area contributed by atoms with E-state index in [2.05, 4.69) is 10.3 Å². The van der Waals surface area contributed by atoms with Gasteiger partial charge in [-0.2, -0.15) is 0 Å². The molecule has 4 nitrogen and oxygen atoms in total. The number of hydrogen-bond acceptors (Lipinski definition) is 4. The third-order valence-corrected chi connectivity index (χ3v) is 4.13. The largest absolute Gasteiger partial charge is 0.481 e. The van der Waals surface area contributed by atoms with E-state index in [9.17, 15) is 4.39 Å². The molecule has 1 unspecified atom stereocenters. The van der Waals surface area contributed by atoms with Gasteiger partial charge in [-0.05, 0) is 48.9 Å². The highest BCUT2D eigenvalue weighted by Gasteiger charge is 2.17. The fraction of sp³-hybridized carbons (Fsp3) is 0.250. The van der Waals surface area contributed by atoms with E-state index in [4.69, 9.17) is 9.15 Å². The van der Waals surface area contributed by atoms with E-state index in [1.807, 2.05) is 36.4 Å². The highest BCUT2D eigenvalue weighted by Crippen LogP contribution is 2.28. The summed E-state index contributed by atoms with van der Waals surface area (Å²) >= 11 is 0. The maximum Gasteiger partial charge on any atom is 0.217 e. The summed E-state index contributed by atoms with van der Waals surface area (Å²) in [6, 6.07) is 14.3. The van der Waals surface area contributed by atoms with Crippen molar-refractivity contribution in [3.05, 3.63) is 83.7 Å². The molecule has 1 atom stereocenters. The van der Waals surface area contributed by atoms with Crippen molar-refractivity contribution >= 4 is 0 Å². The third kappa shape index (κ3) is 4.45. The average Bonchev–Trinajstić information content (AvgIpc) is 3.17. The molecular formula is C20H21FN2O2. The number of nitrogens with one attached hydrogen (secondary N) is 1. The van der Waals surface area contributed by atoms with Crippen molar-refractivity contribution < 1.29 is 13.5 Å². The first kappa shape index (κ1) is 17.2. The number of rotatable bonds is 8. The molecule has 3 aromatic rings. The fourth-order valence-electron chi connectivity index (χ4n) is 2.87. The first-order valence-corrected chi connectivity index (χ1v) is 8.25. The molecule has 0 saturated heterocycles. The Hall–Kier alpha value is -2.66. The van der Waals surface area contributed by atoms with Gasteiger partial charge in [0, 0.05) is 24.2 Å². The minimum Gasteiger partial charge on any atom is -0.481 e. The van der Waals surface area contributed by atoms with Crippen LogP contribution in [-0.4, -0.2) is 18.6 Å². The molecule has 0 aliphatic rings. The summed E-state index contributed by atoms with van der Waals surface area (Å²) in [5, 5.41) is 3.41. The van der Waals surface area contributed by atoms with Crippen LogP contribution in [0.2, 0.25) is 0 Å². The first-order valence-electron chi connectivity index (χ1n) is 8.25. The summed E-state index contributed by atoms with van der Waals surface area (Å²) in [4.78, 5) is 4.19. The van der Waals surface area contributed by atoms with E-state index in [1.165, 1.54) is 12.1 Å². The molecule has 0 radical (unpaired) electrons. The summed E-state index contributed by atoms with van der Waals surface area (Å²) in [5.41, 5.74) is 2.05. The van der Waals surface area contributed by atoms with Gasteiger partial charge in [0.2, 0.25) is 5.88 Å². The molecule has 2 heterocycles. The van der Waals surface area contributed by atoms with Crippen LogP contribution >= 0.6 is 0 Å². The predicted octanol–water partition coefficient (Wildman–Crippen LogP) is 4.13. The van der Waals surface area contributed by atoms with Crippen LogP contribution in [0.3, 0.4) is 0 Å². The third-order valence-electron chi connectivity index (χ3n) is 4.13. The molecule has 0 saturated carbocycles. The minimum absolute atomic E-state index is 0.0823.